The van der Waals surface area contributed by atoms with E-state index in [4.69, 9.17) is 0 Å². The molecule has 1 aliphatic rings. The van der Waals surface area contributed by atoms with Crippen molar-refractivity contribution >= 4 is 23.2 Å². The van der Waals surface area contributed by atoms with E-state index in [1.165, 1.54) is 12.1 Å². The minimum atomic E-state index is -0.934. The van der Waals surface area contributed by atoms with Crippen LogP contribution in [0.2, 0.25) is 0 Å². The van der Waals surface area contributed by atoms with Crippen LogP contribution in [0, 0.1) is 23.4 Å². The smallest absolute Gasteiger partial charge is 0.240 e. The van der Waals surface area contributed by atoms with Gasteiger partial charge in [-0.05, 0) is 69.0 Å². The third-order valence-corrected chi connectivity index (χ3v) is 7.44. The summed E-state index contributed by atoms with van der Waals surface area (Å²) in [5.41, 5.74) is 1.42. The Bertz CT molecular complexity index is 1100. The Labute approximate surface area is 223 Å². The Hall–Kier alpha value is -3.07. The fourth-order valence-electron chi connectivity index (χ4n) is 5.03. The molecule has 0 radical (unpaired) electrons. The Balaban J connectivity index is 1.71. The highest BCUT2D eigenvalue weighted by atomic mass is 19.2. The Kier molecular flexibility index (Phi) is 10.6. The van der Waals surface area contributed by atoms with E-state index in [1.807, 2.05) is 37.5 Å². The van der Waals surface area contributed by atoms with E-state index in [9.17, 15) is 18.4 Å². The number of nitrogens with one attached hydrogen (secondary N) is 1. The zero-order valence-electron chi connectivity index (χ0n) is 22.8. The van der Waals surface area contributed by atoms with Gasteiger partial charge in [-0.25, -0.2) is 13.2 Å². The quantitative estimate of drug-likeness (QED) is 0.439. The number of halogens is 3. The van der Waals surface area contributed by atoms with Gasteiger partial charge in [-0.3, -0.25) is 14.5 Å². The number of hydrogen-bond donors (Lipinski definition) is 1. The zero-order valence-corrected chi connectivity index (χ0v) is 22.8. The normalized spacial score (nSPS) is 15.0. The van der Waals surface area contributed by atoms with Crippen molar-refractivity contribution in [3.8, 4) is 0 Å². The third-order valence-electron chi connectivity index (χ3n) is 7.44. The lowest BCUT2D eigenvalue weighted by Crippen LogP contribution is -2.56. The highest BCUT2D eigenvalue weighted by Crippen LogP contribution is 2.26. The fraction of sp³-hybridized carbons (Fsp3) is 0.517. The molecule has 1 saturated heterocycles. The molecule has 2 aromatic rings. The van der Waals surface area contributed by atoms with Crippen LogP contribution in [0.5, 0.6) is 0 Å². The van der Waals surface area contributed by atoms with Crippen LogP contribution < -0.4 is 10.2 Å². The standard InChI is InChI=1S/C29H39F3N4O2/c1-5-21(6-2)28(37)33-22-10-12-26(25(32)19-22)35-13-15-36(16-14-35)27(29(38)34(7-3)8-4)18-20-9-11-23(30)24(31)17-20/h9-12,17,19,21,27H,5-8,13-16,18H2,1-4H3,(H,33,37). The molecule has 1 unspecified atom stereocenters. The number of anilines is 2. The predicted molar refractivity (Wildman–Crippen MR) is 145 cm³/mol. The van der Waals surface area contributed by atoms with Gasteiger partial charge < -0.3 is 15.1 Å². The Morgan fingerprint density at radius 3 is 2.08 bits per heavy atom. The van der Waals surface area contributed by atoms with Gasteiger partial charge in [0.1, 0.15) is 5.82 Å². The number of rotatable bonds is 11. The van der Waals surface area contributed by atoms with Crippen LogP contribution in [0.15, 0.2) is 36.4 Å². The lowest BCUT2D eigenvalue weighted by Gasteiger charge is -2.41. The van der Waals surface area contributed by atoms with E-state index in [-0.39, 0.29) is 24.2 Å². The average molecular weight is 533 g/mol. The highest BCUT2D eigenvalue weighted by Gasteiger charge is 2.32. The number of likely N-dealkylation sites (N-methyl/N-ethyl adjacent to an activating group) is 1. The van der Waals surface area contributed by atoms with Crippen LogP contribution in [-0.2, 0) is 16.0 Å². The number of nitrogens with zero attached hydrogens (tertiary/aromatic N) is 3. The van der Waals surface area contributed by atoms with Crippen LogP contribution in [0.25, 0.3) is 0 Å². The summed E-state index contributed by atoms with van der Waals surface area (Å²) in [5.74, 6) is -2.55. The van der Waals surface area contributed by atoms with Gasteiger partial charge in [0.25, 0.3) is 0 Å². The fourth-order valence-corrected chi connectivity index (χ4v) is 5.03. The van der Waals surface area contributed by atoms with E-state index in [1.54, 1.807) is 17.0 Å². The maximum atomic E-state index is 15.1. The average Bonchev–Trinajstić information content (AvgIpc) is 2.91. The second kappa shape index (κ2) is 13.6. The first kappa shape index (κ1) is 29.5. The molecule has 1 fully saturated rings. The summed E-state index contributed by atoms with van der Waals surface area (Å²) in [6.07, 6.45) is 1.70. The maximum Gasteiger partial charge on any atom is 0.240 e. The molecule has 0 aromatic heterocycles. The monoisotopic (exact) mass is 532 g/mol. The van der Waals surface area contributed by atoms with Crippen molar-refractivity contribution in [3.63, 3.8) is 0 Å². The molecule has 1 aliphatic heterocycles. The molecule has 208 valence electrons. The molecule has 2 aromatic carbocycles. The number of carbonyl (C=O) groups is 2. The van der Waals surface area contributed by atoms with Crippen LogP contribution in [0.1, 0.15) is 46.1 Å². The molecule has 1 heterocycles. The summed E-state index contributed by atoms with van der Waals surface area (Å²) >= 11 is 0. The van der Waals surface area contributed by atoms with Crippen LogP contribution in [0.3, 0.4) is 0 Å². The van der Waals surface area contributed by atoms with E-state index in [0.29, 0.717) is 56.2 Å². The minimum absolute atomic E-state index is 0.0584. The minimum Gasteiger partial charge on any atom is -0.367 e. The van der Waals surface area contributed by atoms with Crippen molar-refractivity contribution in [2.75, 3.05) is 49.5 Å². The van der Waals surface area contributed by atoms with Crippen molar-refractivity contribution < 1.29 is 22.8 Å². The molecule has 38 heavy (non-hydrogen) atoms. The molecule has 1 atom stereocenters. The molecule has 1 N–H and O–H groups in total. The van der Waals surface area contributed by atoms with Gasteiger partial charge in [0.15, 0.2) is 11.6 Å². The molecule has 3 rings (SSSR count). The van der Waals surface area contributed by atoms with E-state index >= 15 is 4.39 Å². The Morgan fingerprint density at radius 1 is 0.868 bits per heavy atom. The number of amides is 2. The first-order chi connectivity index (χ1) is 18.2. The molecule has 9 heteroatoms. The number of hydrogen-bond acceptors (Lipinski definition) is 4. The van der Waals surface area contributed by atoms with Crippen LogP contribution in [0.4, 0.5) is 24.5 Å². The largest absolute Gasteiger partial charge is 0.367 e. The van der Waals surface area contributed by atoms with Crippen LogP contribution in [-0.4, -0.2) is 66.9 Å². The Morgan fingerprint density at radius 2 is 1.53 bits per heavy atom. The van der Waals surface area contributed by atoms with Gasteiger partial charge in [0.2, 0.25) is 11.8 Å². The number of piperazine rings is 1. The van der Waals surface area contributed by atoms with Crippen LogP contribution >= 0.6 is 0 Å². The topological polar surface area (TPSA) is 55.9 Å². The lowest BCUT2D eigenvalue weighted by molar-refractivity contribution is -0.136. The molecule has 0 spiro atoms. The highest BCUT2D eigenvalue weighted by molar-refractivity contribution is 5.92. The predicted octanol–water partition coefficient (Wildman–Crippen LogP) is 5.08. The molecular weight excluding hydrogens is 493 g/mol. The number of benzene rings is 2. The molecule has 0 aliphatic carbocycles. The first-order valence-electron chi connectivity index (χ1n) is 13.5. The van der Waals surface area contributed by atoms with Crippen molar-refractivity contribution in [3.05, 3.63) is 59.4 Å². The summed E-state index contributed by atoms with van der Waals surface area (Å²) in [5, 5.41) is 2.80. The summed E-state index contributed by atoms with van der Waals surface area (Å²) in [4.78, 5) is 31.5. The third kappa shape index (κ3) is 7.07. The summed E-state index contributed by atoms with van der Waals surface area (Å²) < 4.78 is 42.4. The summed E-state index contributed by atoms with van der Waals surface area (Å²) in [6.45, 7) is 10.8. The maximum absolute atomic E-state index is 15.1. The summed E-state index contributed by atoms with van der Waals surface area (Å²) in [7, 11) is 0. The van der Waals surface area contributed by atoms with Gasteiger partial charge in [-0.15, -0.1) is 0 Å². The van der Waals surface area contributed by atoms with Crippen molar-refractivity contribution in [2.45, 2.75) is 53.0 Å². The van der Waals surface area contributed by atoms with Crippen molar-refractivity contribution in [1.82, 2.24) is 9.80 Å². The van der Waals surface area contributed by atoms with Gasteiger partial charge in [-0.2, -0.15) is 0 Å². The van der Waals surface area contributed by atoms with Crippen molar-refractivity contribution in [1.29, 1.82) is 0 Å². The first-order valence-corrected chi connectivity index (χ1v) is 13.5. The van der Waals surface area contributed by atoms with Gasteiger partial charge >= 0.3 is 0 Å². The molecular formula is C29H39F3N4O2. The number of carbonyl (C=O) groups excluding carboxylic acids is 2. The van der Waals surface area contributed by atoms with Gasteiger partial charge in [0.05, 0.1) is 11.7 Å². The molecule has 6 nitrogen and oxygen atoms in total. The summed E-state index contributed by atoms with van der Waals surface area (Å²) in [6, 6.07) is 7.94. The molecule has 0 bridgehead atoms. The molecule has 2 amide bonds. The molecule has 0 saturated carbocycles. The van der Waals surface area contributed by atoms with E-state index < -0.39 is 23.5 Å². The van der Waals surface area contributed by atoms with Gasteiger partial charge in [-0.1, -0.05) is 19.9 Å². The SMILES string of the molecule is CCC(CC)C(=O)Nc1ccc(N2CCN(C(Cc3ccc(F)c(F)c3)C(=O)N(CC)CC)CC2)c(F)c1. The lowest BCUT2D eigenvalue weighted by atomic mass is 10.0. The van der Waals surface area contributed by atoms with E-state index in [2.05, 4.69) is 5.32 Å². The zero-order chi connectivity index (χ0) is 27.8. The second-order valence-corrected chi connectivity index (χ2v) is 9.67. The second-order valence-electron chi connectivity index (χ2n) is 9.67. The van der Waals surface area contributed by atoms with Crippen molar-refractivity contribution in [2.24, 2.45) is 5.92 Å². The van der Waals surface area contributed by atoms with E-state index in [0.717, 1.165) is 25.0 Å². The van der Waals surface area contributed by atoms with Gasteiger partial charge in [0, 0.05) is 50.9 Å².